The average Bonchev–Trinajstić information content (AvgIpc) is 2.57. The van der Waals surface area contributed by atoms with Gasteiger partial charge in [0.15, 0.2) is 6.73 Å². The highest BCUT2D eigenvalue weighted by Crippen LogP contribution is 2.32. The molecule has 17 heavy (non-hydrogen) atoms. The van der Waals surface area contributed by atoms with Gasteiger partial charge in [-0.25, -0.2) is 0 Å². The third-order valence-corrected chi connectivity index (χ3v) is 5.54. The topological polar surface area (TPSA) is 13.7 Å². The van der Waals surface area contributed by atoms with Gasteiger partial charge in [-0.1, -0.05) is 19.8 Å². The quantitative estimate of drug-likeness (QED) is 0.737. The molecule has 2 heterocycles. The normalized spacial score (nSPS) is 46.8. The number of rotatable bonds is 1. The highest BCUT2D eigenvalue weighted by Gasteiger charge is 2.39. The summed E-state index contributed by atoms with van der Waals surface area (Å²) in [5.74, 6) is 1.86. The van der Waals surface area contributed by atoms with Crippen LogP contribution < -0.4 is 4.90 Å². The zero-order valence-corrected chi connectivity index (χ0v) is 11.3. The Labute approximate surface area is 106 Å². The monoisotopic (exact) mass is 238 g/mol. The first-order valence-electron chi connectivity index (χ1n) is 7.83. The lowest BCUT2D eigenvalue weighted by atomic mass is 9.80. The number of nitrogens with one attached hydrogen (secondary N) is 1. The van der Waals surface area contributed by atoms with Crippen molar-refractivity contribution in [3.05, 3.63) is 0 Å². The van der Waals surface area contributed by atoms with Gasteiger partial charge in [0.25, 0.3) is 0 Å². The van der Waals surface area contributed by atoms with E-state index in [-0.39, 0.29) is 0 Å². The molecule has 1 saturated carbocycles. The second kappa shape index (κ2) is 5.27. The van der Waals surface area contributed by atoms with Crippen molar-refractivity contribution < 1.29 is 9.64 Å². The third-order valence-electron chi connectivity index (χ3n) is 5.54. The summed E-state index contributed by atoms with van der Waals surface area (Å²) in [5.41, 5.74) is 0. The minimum Gasteiger partial charge on any atom is -0.328 e. The second-order valence-corrected chi connectivity index (χ2v) is 6.54. The van der Waals surface area contributed by atoms with Crippen molar-refractivity contribution >= 4 is 0 Å². The molecule has 2 nitrogen and oxygen atoms in total. The molecule has 2 aliphatic heterocycles. The molecule has 3 fully saturated rings. The molecule has 1 unspecified atom stereocenters. The van der Waals surface area contributed by atoms with Crippen molar-refractivity contribution in [1.82, 2.24) is 0 Å². The maximum Gasteiger partial charge on any atom is 0.182 e. The van der Waals surface area contributed by atoms with Crippen LogP contribution in [0.2, 0.25) is 0 Å². The largest absolute Gasteiger partial charge is 0.328 e. The van der Waals surface area contributed by atoms with E-state index in [9.17, 15) is 0 Å². The van der Waals surface area contributed by atoms with Crippen molar-refractivity contribution in [3.8, 4) is 0 Å². The SMILES string of the molecule is CC[C@H]1CC[C@@H]2C[C@@H]3CCCC[C@H]3OC[NH+]2C1. The summed E-state index contributed by atoms with van der Waals surface area (Å²) < 4.78 is 6.23. The third kappa shape index (κ3) is 2.53. The molecule has 0 aromatic carbocycles. The molecule has 0 aromatic rings. The number of hydrogen-bond donors (Lipinski definition) is 1. The molecular weight excluding hydrogens is 210 g/mol. The van der Waals surface area contributed by atoms with E-state index in [4.69, 9.17) is 4.74 Å². The van der Waals surface area contributed by atoms with Gasteiger partial charge < -0.3 is 9.64 Å². The number of piperidine rings is 1. The Morgan fingerprint density at radius 1 is 1.12 bits per heavy atom. The minimum absolute atomic E-state index is 0.613. The molecule has 0 bridgehead atoms. The van der Waals surface area contributed by atoms with Crippen LogP contribution in [0, 0.1) is 11.8 Å². The lowest BCUT2D eigenvalue weighted by Crippen LogP contribution is -3.17. The van der Waals surface area contributed by atoms with Gasteiger partial charge in [-0.2, -0.15) is 0 Å². The predicted octanol–water partition coefficient (Wildman–Crippen LogP) is 2.00. The fourth-order valence-electron chi connectivity index (χ4n) is 4.33. The summed E-state index contributed by atoms with van der Waals surface area (Å²) in [6.45, 7) is 4.73. The molecule has 2 saturated heterocycles. The summed E-state index contributed by atoms with van der Waals surface area (Å²) >= 11 is 0. The fraction of sp³-hybridized carbons (Fsp3) is 1.00. The van der Waals surface area contributed by atoms with Gasteiger partial charge in [0.05, 0.1) is 18.7 Å². The van der Waals surface area contributed by atoms with Crippen molar-refractivity contribution in [1.29, 1.82) is 0 Å². The average molecular weight is 238 g/mol. The zero-order valence-electron chi connectivity index (χ0n) is 11.3. The standard InChI is InChI=1S/C15H27NO/c1-2-12-7-8-14-9-13-5-3-4-6-15(13)17-11-16(14)10-12/h12-15H,2-11H2,1H3/p+1/t12-,13-,14+,15+/m0/s1. The summed E-state index contributed by atoms with van der Waals surface area (Å²) in [4.78, 5) is 1.78. The van der Waals surface area contributed by atoms with E-state index in [1.807, 2.05) is 0 Å². The highest BCUT2D eigenvalue weighted by atomic mass is 16.5. The van der Waals surface area contributed by atoms with Crippen LogP contribution in [-0.4, -0.2) is 25.4 Å². The van der Waals surface area contributed by atoms with Gasteiger partial charge in [0, 0.05) is 12.3 Å². The number of fused-ring (bicyclic) bond motifs is 2. The Morgan fingerprint density at radius 2 is 2.00 bits per heavy atom. The summed E-state index contributed by atoms with van der Waals surface area (Å²) in [5, 5.41) is 0. The van der Waals surface area contributed by atoms with E-state index in [2.05, 4.69) is 6.92 Å². The Kier molecular flexibility index (Phi) is 3.72. The first-order chi connectivity index (χ1) is 8.36. The number of ether oxygens (including phenoxy) is 1. The number of quaternary nitrogens is 1. The Bertz CT molecular complexity index is 255. The van der Waals surface area contributed by atoms with Gasteiger partial charge in [-0.05, 0) is 38.0 Å². The van der Waals surface area contributed by atoms with Crippen LogP contribution in [0.1, 0.15) is 58.3 Å². The minimum atomic E-state index is 0.613. The molecule has 98 valence electrons. The van der Waals surface area contributed by atoms with Crippen LogP contribution in [0.15, 0.2) is 0 Å². The maximum absolute atomic E-state index is 6.23. The van der Waals surface area contributed by atoms with Crippen molar-refractivity contribution in [2.24, 2.45) is 11.8 Å². The Hall–Kier alpha value is -0.0800. The van der Waals surface area contributed by atoms with Crippen molar-refractivity contribution in [3.63, 3.8) is 0 Å². The van der Waals surface area contributed by atoms with Gasteiger partial charge in [-0.15, -0.1) is 0 Å². The summed E-state index contributed by atoms with van der Waals surface area (Å²) in [6.07, 6.45) is 12.0. The molecule has 0 amide bonds. The van der Waals surface area contributed by atoms with Crippen LogP contribution in [-0.2, 0) is 4.74 Å². The first kappa shape index (κ1) is 12.0. The van der Waals surface area contributed by atoms with Crippen LogP contribution in [0.4, 0.5) is 0 Å². The van der Waals surface area contributed by atoms with Gasteiger partial charge in [0.1, 0.15) is 0 Å². The second-order valence-electron chi connectivity index (χ2n) is 6.54. The lowest BCUT2D eigenvalue weighted by molar-refractivity contribution is -0.951. The number of hydrogen-bond acceptors (Lipinski definition) is 1. The van der Waals surface area contributed by atoms with E-state index in [1.165, 1.54) is 57.9 Å². The zero-order chi connectivity index (χ0) is 11.7. The van der Waals surface area contributed by atoms with Crippen LogP contribution in [0.5, 0.6) is 0 Å². The molecule has 1 aliphatic carbocycles. The molecule has 0 spiro atoms. The Morgan fingerprint density at radius 3 is 2.88 bits per heavy atom. The van der Waals surface area contributed by atoms with Crippen LogP contribution in [0.25, 0.3) is 0 Å². The molecule has 2 heteroatoms. The maximum atomic E-state index is 6.23. The molecule has 3 aliphatic rings. The lowest BCUT2D eigenvalue weighted by Gasteiger charge is -2.35. The van der Waals surface area contributed by atoms with E-state index in [0.29, 0.717) is 6.10 Å². The van der Waals surface area contributed by atoms with Gasteiger partial charge in [-0.3, -0.25) is 0 Å². The van der Waals surface area contributed by atoms with E-state index in [0.717, 1.165) is 24.6 Å². The van der Waals surface area contributed by atoms with Crippen LogP contribution in [0.3, 0.4) is 0 Å². The molecular formula is C15H28NO+. The smallest absolute Gasteiger partial charge is 0.182 e. The molecule has 0 radical (unpaired) electrons. The summed E-state index contributed by atoms with van der Waals surface area (Å²) in [7, 11) is 0. The Balaban J connectivity index is 1.65. The first-order valence-corrected chi connectivity index (χ1v) is 7.83. The highest BCUT2D eigenvalue weighted by molar-refractivity contribution is 4.81. The van der Waals surface area contributed by atoms with Crippen LogP contribution >= 0.6 is 0 Å². The molecule has 0 aromatic heterocycles. The fourth-order valence-corrected chi connectivity index (χ4v) is 4.33. The van der Waals surface area contributed by atoms with Crippen molar-refractivity contribution in [2.45, 2.75) is 70.4 Å². The molecule has 5 atom stereocenters. The van der Waals surface area contributed by atoms with E-state index < -0.39 is 0 Å². The van der Waals surface area contributed by atoms with E-state index >= 15 is 0 Å². The van der Waals surface area contributed by atoms with E-state index in [1.54, 1.807) is 4.90 Å². The molecule has 3 rings (SSSR count). The van der Waals surface area contributed by atoms with Gasteiger partial charge in [0.2, 0.25) is 0 Å². The predicted molar refractivity (Wildman–Crippen MR) is 68.9 cm³/mol. The summed E-state index contributed by atoms with van der Waals surface area (Å²) in [6, 6.07) is 0.922. The van der Waals surface area contributed by atoms with Crippen molar-refractivity contribution in [2.75, 3.05) is 13.3 Å². The molecule has 1 N–H and O–H groups in total. The van der Waals surface area contributed by atoms with Gasteiger partial charge >= 0.3 is 0 Å².